The summed E-state index contributed by atoms with van der Waals surface area (Å²) in [4.78, 5) is 25.2. The zero-order chi connectivity index (χ0) is 22.1. The van der Waals surface area contributed by atoms with E-state index >= 15 is 0 Å². The Morgan fingerprint density at radius 3 is 2.50 bits per heavy atom. The molecular formula is C24H26N6O2. The summed E-state index contributed by atoms with van der Waals surface area (Å²) >= 11 is 0. The average molecular weight is 431 g/mol. The van der Waals surface area contributed by atoms with Crippen LogP contribution in [0.3, 0.4) is 0 Å². The monoisotopic (exact) mass is 430 g/mol. The van der Waals surface area contributed by atoms with Gasteiger partial charge in [-0.25, -0.2) is 14.6 Å². The predicted molar refractivity (Wildman–Crippen MR) is 125 cm³/mol. The van der Waals surface area contributed by atoms with Gasteiger partial charge in [-0.1, -0.05) is 30.3 Å². The van der Waals surface area contributed by atoms with E-state index < -0.39 is 0 Å². The molecule has 0 amide bonds. The van der Waals surface area contributed by atoms with Gasteiger partial charge in [-0.3, -0.25) is 14.4 Å². The van der Waals surface area contributed by atoms with Gasteiger partial charge in [0.05, 0.1) is 36.7 Å². The van der Waals surface area contributed by atoms with Crippen LogP contribution >= 0.6 is 0 Å². The molecular weight excluding hydrogens is 404 g/mol. The summed E-state index contributed by atoms with van der Waals surface area (Å²) < 4.78 is 8.97. The Kier molecular flexibility index (Phi) is 5.46. The fourth-order valence-corrected chi connectivity index (χ4v) is 4.08. The van der Waals surface area contributed by atoms with Crippen LogP contribution in [-0.2, 0) is 18.3 Å². The molecule has 1 aliphatic rings. The molecule has 5 rings (SSSR count). The summed E-state index contributed by atoms with van der Waals surface area (Å²) in [5.74, 6) is 1.37. The molecule has 3 heterocycles. The third-order valence-electron chi connectivity index (χ3n) is 5.92. The normalized spacial score (nSPS) is 14.7. The van der Waals surface area contributed by atoms with Gasteiger partial charge in [0.15, 0.2) is 0 Å². The fraction of sp³-hybridized carbons (Fsp3) is 0.292. The first kappa shape index (κ1) is 20.4. The third kappa shape index (κ3) is 3.79. The SMILES string of the molecule is Cc1c(Nc2nc(CN3CCOCC3)nc3ccccc23)c(=O)n(-c2ccccc2)n1C. The maximum atomic E-state index is 13.4. The highest BCUT2D eigenvalue weighted by Gasteiger charge is 2.19. The first-order valence-corrected chi connectivity index (χ1v) is 10.8. The highest BCUT2D eigenvalue weighted by molar-refractivity contribution is 5.90. The molecule has 0 spiro atoms. The number of ether oxygens (including phenoxy) is 1. The van der Waals surface area contributed by atoms with E-state index in [2.05, 4.69) is 10.2 Å². The Morgan fingerprint density at radius 2 is 1.72 bits per heavy atom. The number of hydrogen-bond donors (Lipinski definition) is 1. The summed E-state index contributed by atoms with van der Waals surface area (Å²) in [6.45, 7) is 5.74. The Balaban J connectivity index is 1.56. The largest absolute Gasteiger partial charge is 0.379 e. The van der Waals surface area contributed by atoms with E-state index in [9.17, 15) is 4.79 Å². The summed E-state index contributed by atoms with van der Waals surface area (Å²) in [6.07, 6.45) is 0. The second kappa shape index (κ2) is 8.57. The zero-order valence-electron chi connectivity index (χ0n) is 18.3. The summed E-state index contributed by atoms with van der Waals surface area (Å²) in [5, 5.41) is 4.23. The minimum absolute atomic E-state index is 0.117. The standard InChI is InChI=1S/C24H26N6O2/c1-17-22(24(31)30(28(17)2)18-8-4-3-5-9-18)27-23-19-10-6-7-11-20(19)25-21(26-23)16-29-12-14-32-15-13-29/h3-11H,12-16H2,1-2H3,(H,25,26,27). The van der Waals surface area contributed by atoms with Crippen molar-refractivity contribution >= 4 is 22.4 Å². The molecule has 4 aromatic rings. The molecule has 0 unspecified atom stereocenters. The van der Waals surface area contributed by atoms with E-state index in [0.29, 0.717) is 18.1 Å². The lowest BCUT2D eigenvalue weighted by atomic mass is 10.2. The van der Waals surface area contributed by atoms with Crippen molar-refractivity contribution in [2.45, 2.75) is 13.5 Å². The van der Waals surface area contributed by atoms with Crippen LogP contribution in [0.15, 0.2) is 59.4 Å². The van der Waals surface area contributed by atoms with Crippen molar-refractivity contribution in [3.05, 3.63) is 76.5 Å². The Morgan fingerprint density at radius 1 is 1.00 bits per heavy atom. The van der Waals surface area contributed by atoms with Gasteiger partial charge in [-0.2, -0.15) is 0 Å². The van der Waals surface area contributed by atoms with E-state index in [0.717, 1.165) is 54.4 Å². The lowest BCUT2D eigenvalue weighted by molar-refractivity contribution is 0.0331. The van der Waals surface area contributed by atoms with Crippen molar-refractivity contribution in [3.8, 4) is 5.69 Å². The van der Waals surface area contributed by atoms with Gasteiger partial charge in [0, 0.05) is 25.5 Å². The van der Waals surface area contributed by atoms with E-state index in [1.54, 1.807) is 4.68 Å². The number of benzene rings is 2. The van der Waals surface area contributed by atoms with Crippen LogP contribution in [0.25, 0.3) is 16.6 Å². The third-order valence-corrected chi connectivity index (χ3v) is 5.92. The molecule has 2 aromatic carbocycles. The number of rotatable bonds is 5. The molecule has 0 radical (unpaired) electrons. The first-order valence-electron chi connectivity index (χ1n) is 10.8. The van der Waals surface area contributed by atoms with Crippen LogP contribution in [0.5, 0.6) is 0 Å². The quantitative estimate of drug-likeness (QED) is 0.525. The summed E-state index contributed by atoms with van der Waals surface area (Å²) in [7, 11) is 1.89. The van der Waals surface area contributed by atoms with E-state index in [1.165, 1.54) is 0 Å². The second-order valence-electron chi connectivity index (χ2n) is 7.96. The van der Waals surface area contributed by atoms with Crippen molar-refractivity contribution < 1.29 is 4.74 Å². The number of anilines is 2. The van der Waals surface area contributed by atoms with Crippen LogP contribution in [-0.4, -0.2) is 50.5 Å². The molecule has 32 heavy (non-hydrogen) atoms. The second-order valence-corrected chi connectivity index (χ2v) is 7.96. The molecule has 1 saturated heterocycles. The van der Waals surface area contributed by atoms with E-state index in [-0.39, 0.29) is 5.56 Å². The van der Waals surface area contributed by atoms with Gasteiger partial charge in [0.25, 0.3) is 5.56 Å². The molecule has 0 bridgehead atoms. The lowest BCUT2D eigenvalue weighted by Crippen LogP contribution is -2.36. The molecule has 8 nitrogen and oxygen atoms in total. The molecule has 0 atom stereocenters. The topological polar surface area (TPSA) is 77.2 Å². The fourth-order valence-electron chi connectivity index (χ4n) is 4.08. The number of nitrogens with zero attached hydrogens (tertiary/aromatic N) is 5. The molecule has 1 fully saturated rings. The van der Waals surface area contributed by atoms with Gasteiger partial charge in [0.2, 0.25) is 0 Å². The van der Waals surface area contributed by atoms with Crippen LogP contribution in [0.4, 0.5) is 11.5 Å². The van der Waals surface area contributed by atoms with Crippen molar-refractivity contribution in [1.29, 1.82) is 0 Å². The Hall–Kier alpha value is -3.49. The van der Waals surface area contributed by atoms with Crippen molar-refractivity contribution in [1.82, 2.24) is 24.2 Å². The number of fused-ring (bicyclic) bond motifs is 1. The number of morpholine rings is 1. The zero-order valence-corrected chi connectivity index (χ0v) is 18.3. The molecule has 0 saturated carbocycles. The predicted octanol–water partition coefficient (Wildman–Crippen LogP) is 3.00. The molecule has 1 N–H and O–H groups in total. The first-order chi connectivity index (χ1) is 15.6. The molecule has 1 aliphatic heterocycles. The summed E-state index contributed by atoms with van der Waals surface area (Å²) in [5.41, 5.74) is 2.89. The number of hydrogen-bond acceptors (Lipinski definition) is 6. The van der Waals surface area contributed by atoms with Crippen LogP contribution in [0.2, 0.25) is 0 Å². The maximum absolute atomic E-state index is 13.4. The van der Waals surface area contributed by atoms with Crippen LogP contribution in [0, 0.1) is 6.92 Å². The summed E-state index contributed by atoms with van der Waals surface area (Å²) in [6, 6.07) is 17.5. The van der Waals surface area contributed by atoms with Crippen LogP contribution < -0.4 is 10.9 Å². The number of aromatic nitrogens is 4. The van der Waals surface area contributed by atoms with Crippen LogP contribution in [0.1, 0.15) is 11.5 Å². The van der Waals surface area contributed by atoms with Gasteiger partial charge in [-0.15, -0.1) is 0 Å². The molecule has 0 aliphatic carbocycles. The van der Waals surface area contributed by atoms with Gasteiger partial charge in [0.1, 0.15) is 17.3 Å². The maximum Gasteiger partial charge on any atom is 0.295 e. The van der Waals surface area contributed by atoms with Gasteiger partial charge in [-0.05, 0) is 31.2 Å². The van der Waals surface area contributed by atoms with E-state index in [1.807, 2.05) is 73.3 Å². The smallest absolute Gasteiger partial charge is 0.295 e. The minimum atomic E-state index is -0.117. The lowest BCUT2D eigenvalue weighted by Gasteiger charge is -2.26. The molecule has 164 valence electrons. The number of nitrogens with one attached hydrogen (secondary N) is 1. The van der Waals surface area contributed by atoms with E-state index in [4.69, 9.17) is 14.7 Å². The highest BCUT2D eigenvalue weighted by Crippen LogP contribution is 2.25. The van der Waals surface area contributed by atoms with Crippen molar-refractivity contribution in [3.63, 3.8) is 0 Å². The van der Waals surface area contributed by atoms with Crippen molar-refractivity contribution in [2.75, 3.05) is 31.6 Å². The average Bonchev–Trinajstić information content (AvgIpc) is 3.03. The minimum Gasteiger partial charge on any atom is -0.379 e. The molecule has 8 heteroatoms. The molecule has 2 aromatic heterocycles. The number of para-hydroxylation sites is 2. The van der Waals surface area contributed by atoms with Crippen molar-refractivity contribution in [2.24, 2.45) is 7.05 Å². The van der Waals surface area contributed by atoms with Gasteiger partial charge >= 0.3 is 0 Å². The highest BCUT2D eigenvalue weighted by atomic mass is 16.5. The Bertz CT molecular complexity index is 1310. The Labute approximate surface area is 186 Å². The van der Waals surface area contributed by atoms with Gasteiger partial charge < -0.3 is 10.1 Å².